The Labute approximate surface area is 201 Å². The number of rotatable bonds is 9. The maximum absolute atomic E-state index is 12.8. The zero-order valence-electron chi connectivity index (χ0n) is 17.4. The summed E-state index contributed by atoms with van der Waals surface area (Å²) in [5, 5.41) is 3.02. The van der Waals surface area contributed by atoms with Crippen LogP contribution in [0.1, 0.15) is 12.8 Å². The molecule has 1 heterocycles. The third-order valence-electron chi connectivity index (χ3n) is 4.63. The van der Waals surface area contributed by atoms with Gasteiger partial charge in [0.2, 0.25) is 5.91 Å². The average Bonchev–Trinajstić information content (AvgIpc) is 3.31. The van der Waals surface area contributed by atoms with Crippen LogP contribution >= 0.6 is 34.5 Å². The van der Waals surface area contributed by atoms with Gasteiger partial charge >= 0.3 is 0 Å². The van der Waals surface area contributed by atoms with Crippen LogP contribution < -0.4 is 13.9 Å². The van der Waals surface area contributed by atoms with E-state index in [2.05, 4.69) is 4.98 Å². The molecule has 0 aliphatic heterocycles. The molecule has 170 valence electrons. The molecule has 0 unspecified atom stereocenters. The van der Waals surface area contributed by atoms with Gasteiger partial charge in [-0.2, -0.15) is 0 Å². The van der Waals surface area contributed by atoms with Crippen molar-refractivity contribution in [2.45, 2.75) is 17.7 Å². The Kier molecular flexibility index (Phi) is 8.00. The number of halogens is 2. The minimum Gasteiger partial charge on any atom is -0.492 e. The topological polar surface area (TPSA) is 79.8 Å². The molecule has 0 N–H and O–H groups in total. The average molecular weight is 514 g/mol. The number of carbonyl (C=O) groups is 1. The summed E-state index contributed by atoms with van der Waals surface area (Å²) >= 11 is 13.2. The zero-order chi connectivity index (χ0) is 23.3. The molecule has 7 nitrogen and oxygen atoms in total. The van der Waals surface area contributed by atoms with Crippen LogP contribution in [0.3, 0.4) is 0 Å². The molecule has 32 heavy (non-hydrogen) atoms. The Hall–Kier alpha value is -2.33. The van der Waals surface area contributed by atoms with Crippen molar-refractivity contribution < 1.29 is 17.9 Å². The zero-order valence-corrected chi connectivity index (χ0v) is 20.5. The molecular weight excluding hydrogens is 493 g/mol. The number of hydrogen-bond acceptors (Lipinski definition) is 6. The lowest BCUT2D eigenvalue weighted by atomic mass is 10.2. The third-order valence-corrected chi connectivity index (χ3v) is 7.89. The summed E-state index contributed by atoms with van der Waals surface area (Å²) < 4.78 is 32.3. The van der Waals surface area contributed by atoms with Crippen LogP contribution in [-0.4, -0.2) is 40.0 Å². The van der Waals surface area contributed by atoms with Crippen molar-refractivity contribution >= 4 is 61.3 Å². The first kappa shape index (κ1) is 24.3. The maximum atomic E-state index is 12.8. The van der Waals surface area contributed by atoms with Crippen molar-refractivity contribution in [2.75, 3.05) is 29.9 Å². The monoisotopic (exact) mass is 513 g/mol. The molecular formula is C21H21Cl2N3O4S2. The highest BCUT2D eigenvalue weighted by Gasteiger charge is 2.23. The molecule has 2 aromatic carbocycles. The molecule has 0 spiro atoms. The second kappa shape index (κ2) is 10.5. The summed E-state index contributed by atoms with van der Waals surface area (Å²) in [7, 11) is -0.634. The largest absolute Gasteiger partial charge is 0.492 e. The molecule has 0 aliphatic carbocycles. The van der Waals surface area contributed by atoms with Gasteiger partial charge in [-0.05, 0) is 48.9 Å². The molecule has 1 aromatic heterocycles. The number of thiazole rings is 1. The van der Waals surface area contributed by atoms with Crippen LogP contribution in [0.4, 0.5) is 10.8 Å². The Morgan fingerprint density at radius 1 is 1.12 bits per heavy atom. The van der Waals surface area contributed by atoms with Crippen molar-refractivity contribution in [2.24, 2.45) is 0 Å². The lowest BCUT2D eigenvalue weighted by Crippen LogP contribution is -2.27. The van der Waals surface area contributed by atoms with Gasteiger partial charge in [-0.25, -0.2) is 17.7 Å². The molecule has 0 bridgehead atoms. The molecule has 0 radical (unpaired) electrons. The molecule has 3 aromatic rings. The summed E-state index contributed by atoms with van der Waals surface area (Å²) in [6.07, 6.45) is 2.30. The Bertz CT molecular complexity index is 1170. The van der Waals surface area contributed by atoms with E-state index in [1.807, 2.05) is 0 Å². The van der Waals surface area contributed by atoms with E-state index in [1.165, 1.54) is 35.4 Å². The van der Waals surface area contributed by atoms with E-state index in [-0.39, 0.29) is 17.2 Å². The summed E-state index contributed by atoms with van der Waals surface area (Å²) in [6.45, 7) is 0.321. The van der Waals surface area contributed by atoms with Crippen LogP contribution in [0.2, 0.25) is 10.0 Å². The molecule has 3 rings (SSSR count). The number of hydrogen-bond donors (Lipinski definition) is 0. The van der Waals surface area contributed by atoms with Crippen LogP contribution in [0.15, 0.2) is 58.9 Å². The highest BCUT2D eigenvalue weighted by atomic mass is 35.5. The highest BCUT2D eigenvalue weighted by molar-refractivity contribution is 7.93. The molecule has 11 heteroatoms. The number of carbonyl (C=O) groups excluding carboxylic acids is 1. The van der Waals surface area contributed by atoms with E-state index in [1.54, 1.807) is 49.0 Å². The van der Waals surface area contributed by atoms with Crippen LogP contribution in [0.25, 0.3) is 0 Å². The second-order valence-electron chi connectivity index (χ2n) is 6.76. The van der Waals surface area contributed by atoms with E-state index in [4.69, 9.17) is 27.9 Å². The van der Waals surface area contributed by atoms with Crippen molar-refractivity contribution in [3.8, 4) is 5.75 Å². The van der Waals surface area contributed by atoms with Gasteiger partial charge in [-0.1, -0.05) is 23.2 Å². The lowest BCUT2D eigenvalue weighted by Gasteiger charge is -2.19. The van der Waals surface area contributed by atoms with Gasteiger partial charge in [0.25, 0.3) is 10.0 Å². The standard InChI is InChI=1S/C21H21Cl2N3O4S2/c1-25(20(27)4-3-12-30-19-10-5-15(22)14-18(19)23)16-6-8-17(9-7-16)32(28,29)26(2)21-24-11-13-31-21/h5-11,13-14H,3-4,12H2,1-2H3. The minimum absolute atomic E-state index is 0.119. The van der Waals surface area contributed by atoms with Gasteiger partial charge in [0.15, 0.2) is 5.13 Å². The van der Waals surface area contributed by atoms with Gasteiger partial charge < -0.3 is 9.64 Å². The van der Waals surface area contributed by atoms with Crippen LogP contribution in [-0.2, 0) is 14.8 Å². The first-order chi connectivity index (χ1) is 15.2. The van der Waals surface area contributed by atoms with Crippen molar-refractivity contribution in [1.82, 2.24) is 4.98 Å². The second-order valence-corrected chi connectivity index (χ2v) is 10.4. The van der Waals surface area contributed by atoms with E-state index in [0.29, 0.717) is 39.6 Å². The van der Waals surface area contributed by atoms with E-state index >= 15 is 0 Å². The molecule has 1 amide bonds. The number of sulfonamides is 1. The molecule has 0 fully saturated rings. The van der Waals surface area contributed by atoms with Crippen LogP contribution in [0, 0.1) is 0 Å². The molecule has 0 saturated carbocycles. The fourth-order valence-electron chi connectivity index (χ4n) is 2.78. The van der Waals surface area contributed by atoms with Gasteiger partial charge in [0.05, 0.1) is 16.5 Å². The summed E-state index contributed by atoms with van der Waals surface area (Å²) in [6, 6.07) is 11.1. The number of nitrogens with zero attached hydrogens (tertiary/aromatic N) is 3. The first-order valence-corrected chi connectivity index (χ1v) is 12.6. The number of amides is 1. The molecule has 0 atom stereocenters. The van der Waals surface area contributed by atoms with Crippen molar-refractivity contribution in [3.63, 3.8) is 0 Å². The SMILES string of the molecule is CN(C(=O)CCCOc1ccc(Cl)cc1Cl)c1ccc(S(=O)(=O)N(C)c2nccs2)cc1. The minimum atomic E-state index is -3.73. The summed E-state index contributed by atoms with van der Waals surface area (Å²) in [5.41, 5.74) is 0.590. The molecule has 0 saturated heterocycles. The number of benzene rings is 2. The van der Waals surface area contributed by atoms with Crippen molar-refractivity contribution in [3.05, 3.63) is 64.1 Å². The Balaban J connectivity index is 1.55. The molecule has 0 aliphatic rings. The van der Waals surface area contributed by atoms with Gasteiger partial charge in [0.1, 0.15) is 5.75 Å². The fraction of sp³-hybridized carbons (Fsp3) is 0.238. The predicted molar refractivity (Wildman–Crippen MR) is 129 cm³/mol. The fourth-order valence-corrected chi connectivity index (χ4v) is 5.23. The van der Waals surface area contributed by atoms with Gasteiger partial charge in [-0.3, -0.25) is 4.79 Å². The van der Waals surface area contributed by atoms with Gasteiger partial charge in [0, 0.05) is 42.8 Å². The first-order valence-electron chi connectivity index (χ1n) is 9.53. The van der Waals surface area contributed by atoms with Crippen LogP contribution in [0.5, 0.6) is 5.75 Å². The Morgan fingerprint density at radius 2 is 1.84 bits per heavy atom. The lowest BCUT2D eigenvalue weighted by molar-refractivity contribution is -0.118. The number of anilines is 2. The van der Waals surface area contributed by atoms with E-state index in [9.17, 15) is 13.2 Å². The number of ether oxygens (including phenoxy) is 1. The smallest absolute Gasteiger partial charge is 0.265 e. The summed E-state index contributed by atoms with van der Waals surface area (Å²) in [5.74, 6) is 0.391. The highest BCUT2D eigenvalue weighted by Crippen LogP contribution is 2.28. The quantitative estimate of drug-likeness (QED) is 0.372. The predicted octanol–water partition coefficient (Wildman–Crippen LogP) is 5.10. The normalized spacial score (nSPS) is 11.2. The third kappa shape index (κ3) is 5.72. The maximum Gasteiger partial charge on any atom is 0.265 e. The van der Waals surface area contributed by atoms with E-state index in [0.717, 1.165) is 4.31 Å². The van der Waals surface area contributed by atoms with Gasteiger partial charge in [-0.15, -0.1) is 11.3 Å². The van der Waals surface area contributed by atoms with Crippen molar-refractivity contribution in [1.29, 1.82) is 0 Å². The Morgan fingerprint density at radius 3 is 2.47 bits per heavy atom. The summed E-state index contributed by atoms with van der Waals surface area (Å²) in [4.78, 5) is 18.1. The number of aromatic nitrogens is 1. The van der Waals surface area contributed by atoms with E-state index < -0.39 is 10.0 Å².